The molecule has 1 aromatic carbocycles. The van der Waals surface area contributed by atoms with Crippen molar-refractivity contribution in [3.63, 3.8) is 0 Å². The molecule has 1 aromatic heterocycles. The summed E-state index contributed by atoms with van der Waals surface area (Å²) in [5, 5.41) is 3.41. The largest absolute Gasteiger partial charge is 0.334 e. The summed E-state index contributed by atoms with van der Waals surface area (Å²) in [5.41, 5.74) is 2.81. The van der Waals surface area contributed by atoms with Crippen LogP contribution in [-0.4, -0.2) is 16.6 Å². The summed E-state index contributed by atoms with van der Waals surface area (Å²) in [6, 6.07) is 8.94. The average molecular weight is 271 g/mol. The van der Waals surface area contributed by atoms with Gasteiger partial charge in [-0.15, -0.1) is 0 Å². The number of imidazole rings is 1. The van der Waals surface area contributed by atoms with Crippen molar-refractivity contribution in [1.82, 2.24) is 14.9 Å². The van der Waals surface area contributed by atoms with E-state index in [9.17, 15) is 0 Å². The Labute approximate surface area is 122 Å². The summed E-state index contributed by atoms with van der Waals surface area (Å²) < 4.78 is 2.26. The zero-order valence-electron chi connectivity index (χ0n) is 12.8. The molecule has 0 saturated heterocycles. The Morgan fingerprint density at radius 1 is 1.30 bits per heavy atom. The number of benzene rings is 1. The maximum atomic E-state index is 4.54. The van der Waals surface area contributed by atoms with Crippen molar-refractivity contribution in [2.24, 2.45) is 0 Å². The third kappa shape index (κ3) is 3.48. The van der Waals surface area contributed by atoms with E-state index >= 15 is 0 Å². The number of hydrogen-bond acceptors (Lipinski definition) is 2. The van der Waals surface area contributed by atoms with Gasteiger partial charge in [0, 0.05) is 18.9 Å². The highest BCUT2D eigenvalue weighted by Crippen LogP contribution is 2.19. The van der Waals surface area contributed by atoms with Crippen LogP contribution in [0.25, 0.3) is 0 Å². The van der Waals surface area contributed by atoms with E-state index in [0.717, 1.165) is 31.6 Å². The van der Waals surface area contributed by atoms with Gasteiger partial charge in [0.25, 0.3) is 0 Å². The first-order valence-corrected chi connectivity index (χ1v) is 7.49. The molecule has 1 heterocycles. The Hall–Kier alpha value is -1.61. The van der Waals surface area contributed by atoms with Crippen LogP contribution in [0.5, 0.6) is 0 Å². The Bertz CT molecular complexity index is 531. The molecule has 3 heteroatoms. The molecule has 0 aliphatic carbocycles. The molecule has 108 valence electrons. The second kappa shape index (κ2) is 7.25. The SMILES string of the molecule is CCCn1ccnc1C(CCc1ccccc1C)NC. The van der Waals surface area contributed by atoms with Gasteiger partial charge in [-0.25, -0.2) is 4.98 Å². The van der Waals surface area contributed by atoms with Crippen LogP contribution in [0, 0.1) is 6.92 Å². The van der Waals surface area contributed by atoms with Gasteiger partial charge in [0.15, 0.2) is 0 Å². The monoisotopic (exact) mass is 271 g/mol. The molecule has 0 aliphatic rings. The van der Waals surface area contributed by atoms with Gasteiger partial charge >= 0.3 is 0 Å². The average Bonchev–Trinajstić information content (AvgIpc) is 2.90. The zero-order valence-corrected chi connectivity index (χ0v) is 12.8. The van der Waals surface area contributed by atoms with Gasteiger partial charge in [0.05, 0.1) is 6.04 Å². The van der Waals surface area contributed by atoms with Crippen molar-refractivity contribution >= 4 is 0 Å². The molecule has 0 spiro atoms. The highest BCUT2D eigenvalue weighted by atomic mass is 15.1. The summed E-state index contributed by atoms with van der Waals surface area (Å²) in [5.74, 6) is 1.16. The van der Waals surface area contributed by atoms with Crippen molar-refractivity contribution in [3.8, 4) is 0 Å². The molecule has 0 aliphatic heterocycles. The maximum absolute atomic E-state index is 4.54. The van der Waals surface area contributed by atoms with Crippen LogP contribution < -0.4 is 5.32 Å². The zero-order chi connectivity index (χ0) is 14.4. The van der Waals surface area contributed by atoms with Crippen LogP contribution in [-0.2, 0) is 13.0 Å². The molecule has 0 bridgehead atoms. The molecule has 20 heavy (non-hydrogen) atoms. The molecule has 0 amide bonds. The molecule has 0 saturated carbocycles. The Kier molecular flexibility index (Phi) is 5.36. The maximum Gasteiger partial charge on any atom is 0.125 e. The van der Waals surface area contributed by atoms with Crippen molar-refractivity contribution in [1.29, 1.82) is 0 Å². The smallest absolute Gasteiger partial charge is 0.125 e. The van der Waals surface area contributed by atoms with E-state index in [1.54, 1.807) is 0 Å². The first-order chi connectivity index (χ1) is 9.76. The predicted molar refractivity (Wildman–Crippen MR) is 83.8 cm³/mol. The van der Waals surface area contributed by atoms with Gasteiger partial charge in [-0.1, -0.05) is 31.2 Å². The molecule has 0 radical (unpaired) electrons. The van der Waals surface area contributed by atoms with Crippen molar-refractivity contribution in [2.45, 2.75) is 45.7 Å². The van der Waals surface area contributed by atoms with E-state index in [0.29, 0.717) is 6.04 Å². The van der Waals surface area contributed by atoms with Crippen LogP contribution in [0.3, 0.4) is 0 Å². The van der Waals surface area contributed by atoms with E-state index in [1.165, 1.54) is 11.1 Å². The fraction of sp³-hybridized carbons (Fsp3) is 0.471. The number of hydrogen-bond donors (Lipinski definition) is 1. The lowest BCUT2D eigenvalue weighted by atomic mass is 10.0. The van der Waals surface area contributed by atoms with Gasteiger partial charge in [0.1, 0.15) is 5.82 Å². The summed E-state index contributed by atoms with van der Waals surface area (Å²) >= 11 is 0. The lowest BCUT2D eigenvalue weighted by Crippen LogP contribution is -2.21. The van der Waals surface area contributed by atoms with Crippen LogP contribution in [0.1, 0.15) is 42.8 Å². The molecular weight excluding hydrogens is 246 g/mol. The minimum Gasteiger partial charge on any atom is -0.334 e. The van der Waals surface area contributed by atoms with Gasteiger partial charge in [-0.3, -0.25) is 0 Å². The third-order valence-corrected chi connectivity index (χ3v) is 3.84. The lowest BCUT2D eigenvalue weighted by molar-refractivity contribution is 0.486. The van der Waals surface area contributed by atoms with Crippen molar-refractivity contribution < 1.29 is 0 Å². The van der Waals surface area contributed by atoms with E-state index < -0.39 is 0 Å². The number of rotatable bonds is 7. The number of aryl methyl sites for hydroxylation is 3. The lowest BCUT2D eigenvalue weighted by Gasteiger charge is -2.18. The fourth-order valence-electron chi connectivity index (χ4n) is 2.65. The molecule has 1 unspecified atom stereocenters. The molecule has 1 N–H and O–H groups in total. The fourth-order valence-corrected chi connectivity index (χ4v) is 2.65. The van der Waals surface area contributed by atoms with Gasteiger partial charge in [-0.2, -0.15) is 0 Å². The summed E-state index contributed by atoms with van der Waals surface area (Å²) in [4.78, 5) is 4.54. The molecule has 3 nitrogen and oxygen atoms in total. The van der Waals surface area contributed by atoms with E-state index in [2.05, 4.69) is 59.2 Å². The summed E-state index contributed by atoms with van der Waals surface area (Å²) in [7, 11) is 2.02. The van der Waals surface area contributed by atoms with Gasteiger partial charge in [-0.05, 0) is 44.4 Å². The molecular formula is C17H25N3. The van der Waals surface area contributed by atoms with Crippen LogP contribution in [0.2, 0.25) is 0 Å². The number of aromatic nitrogens is 2. The minimum atomic E-state index is 0.316. The topological polar surface area (TPSA) is 29.9 Å². The normalized spacial score (nSPS) is 12.6. The first kappa shape index (κ1) is 14.8. The van der Waals surface area contributed by atoms with Crippen LogP contribution >= 0.6 is 0 Å². The molecule has 1 atom stereocenters. The Morgan fingerprint density at radius 3 is 2.80 bits per heavy atom. The van der Waals surface area contributed by atoms with E-state index in [1.807, 2.05) is 13.2 Å². The molecule has 0 fully saturated rings. The quantitative estimate of drug-likeness (QED) is 0.835. The summed E-state index contributed by atoms with van der Waals surface area (Å²) in [6.45, 7) is 5.42. The number of nitrogens with zero attached hydrogens (tertiary/aromatic N) is 2. The van der Waals surface area contributed by atoms with Crippen LogP contribution in [0.4, 0.5) is 0 Å². The van der Waals surface area contributed by atoms with Crippen molar-refractivity contribution in [2.75, 3.05) is 7.05 Å². The minimum absolute atomic E-state index is 0.316. The van der Waals surface area contributed by atoms with Gasteiger partial charge in [0.2, 0.25) is 0 Å². The first-order valence-electron chi connectivity index (χ1n) is 7.49. The van der Waals surface area contributed by atoms with Crippen molar-refractivity contribution in [3.05, 3.63) is 53.6 Å². The molecule has 2 rings (SSSR count). The summed E-state index contributed by atoms with van der Waals surface area (Å²) in [6.07, 6.45) is 7.27. The number of nitrogens with one attached hydrogen (secondary N) is 1. The van der Waals surface area contributed by atoms with E-state index in [4.69, 9.17) is 0 Å². The predicted octanol–water partition coefficient (Wildman–Crippen LogP) is 3.49. The van der Waals surface area contributed by atoms with E-state index in [-0.39, 0.29) is 0 Å². The Balaban J connectivity index is 2.06. The van der Waals surface area contributed by atoms with Gasteiger partial charge < -0.3 is 9.88 Å². The Morgan fingerprint density at radius 2 is 2.10 bits per heavy atom. The second-order valence-electron chi connectivity index (χ2n) is 5.29. The highest BCUT2D eigenvalue weighted by Gasteiger charge is 2.15. The standard InChI is InChI=1S/C17H25N3/c1-4-12-20-13-11-19-17(20)16(18-3)10-9-15-8-6-5-7-14(15)2/h5-8,11,13,16,18H,4,9-10,12H2,1-3H3. The third-order valence-electron chi connectivity index (χ3n) is 3.84. The highest BCUT2D eigenvalue weighted by molar-refractivity contribution is 5.25. The molecule has 2 aromatic rings. The second-order valence-corrected chi connectivity index (χ2v) is 5.29. The van der Waals surface area contributed by atoms with Crippen LogP contribution in [0.15, 0.2) is 36.7 Å².